The summed E-state index contributed by atoms with van der Waals surface area (Å²) in [4.78, 5) is 23.7. The summed E-state index contributed by atoms with van der Waals surface area (Å²) in [6.45, 7) is 0. The van der Waals surface area contributed by atoms with Crippen molar-refractivity contribution in [1.29, 1.82) is 0 Å². The van der Waals surface area contributed by atoms with E-state index in [9.17, 15) is 9.59 Å². The van der Waals surface area contributed by atoms with Gasteiger partial charge in [-0.2, -0.15) is 0 Å². The van der Waals surface area contributed by atoms with E-state index >= 15 is 0 Å². The van der Waals surface area contributed by atoms with Crippen LogP contribution < -0.4 is 0 Å². The lowest BCUT2D eigenvalue weighted by Gasteiger charge is -2.07. The molecular formula is C15H11BrO4S. The summed E-state index contributed by atoms with van der Waals surface area (Å²) in [5.74, 6) is -2.17. The fraction of sp³-hybridized carbons (Fsp3) is 0.0667. The van der Waals surface area contributed by atoms with Crippen LogP contribution in [0, 0.1) is 0 Å². The Labute approximate surface area is 133 Å². The Morgan fingerprint density at radius 1 is 1.00 bits per heavy atom. The van der Waals surface area contributed by atoms with E-state index in [1.807, 2.05) is 24.3 Å². The number of carboxylic acids is 2. The smallest absolute Gasteiger partial charge is 0.335 e. The van der Waals surface area contributed by atoms with Gasteiger partial charge in [0.25, 0.3) is 0 Å². The van der Waals surface area contributed by atoms with Gasteiger partial charge in [-0.1, -0.05) is 27.7 Å². The number of aliphatic carboxylic acids is 1. The fourth-order valence-corrected chi connectivity index (χ4v) is 2.94. The van der Waals surface area contributed by atoms with E-state index in [4.69, 9.17) is 10.2 Å². The van der Waals surface area contributed by atoms with Gasteiger partial charge in [-0.3, -0.25) is 4.79 Å². The number of hydrogen-bond acceptors (Lipinski definition) is 3. The summed E-state index contributed by atoms with van der Waals surface area (Å²) in [5.41, 5.74) is 0.328. The molecule has 108 valence electrons. The largest absolute Gasteiger partial charge is 0.481 e. The van der Waals surface area contributed by atoms with Crippen LogP contribution in [0.15, 0.2) is 56.7 Å². The molecule has 21 heavy (non-hydrogen) atoms. The zero-order valence-corrected chi connectivity index (χ0v) is 13.1. The Kier molecular flexibility index (Phi) is 5.03. The SMILES string of the molecule is O=C(O)Cc1cc(Sc2ccc(Br)cc2)ccc1C(=O)O. The van der Waals surface area contributed by atoms with Crippen molar-refractivity contribution in [2.24, 2.45) is 0 Å². The third-order valence-electron chi connectivity index (χ3n) is 2.70. The standard InChI is InChI=1S/C15H11BrO4S/c16-10-1-3-11(4-2-10)21-12-5-6-13(15(19)20)9(7-12)8-14(17)18/h1-7H,8H2,(H,17,18)(H,19,20). The molecule has 2 aromatic carbocycles. The Morgan fingerprint density at radius 2 is 1.62 bits per heavy atom. The van der Waals surface area contributed by atoms with Crippen LogP contribution in [0.2, 0.25) is 0 Å². The summed E-state index contributed by atoms with van der Waals surface area (Å²) in [6, 6.07) is 12.4. The van der Waals surface area contributed by atoms with Crippen molar-refractivity contribution in [3.8, 4) is 0 Å². The van der Waals surface area contributed by atoms with Crippen molar-refractivity contribution in [1.82, 2.24) is 0 Å². The van der Waals surface area contributed by atoms with Crippen molar-refractivity contribution < 1.29 is 19.8 Å². The van der Waals surface area contributed by atoms with Gasteiger partial charge in [-0.15, -0.1) is 0 Å². The van der Waals surface area contributed by atoms with Crippen LogP contribution in [0.25, 0.3) is 0 Å². The third kappa shape index (κ3) is 4.34. The van der Waals surface area contributed by atoms with Gasteiger partial charge in [0.15, 0.2) is 0 Å². The zero-order chi connectivity index (χ0) is 15.4. The van der Waals surface area contributed by atoms with Crippen molar-refractivity contribution in [2.45, 2.75) is 16.2 Å². The Bertz CT molecular complexity index is 683. The fourth-order valence-electron chi connectivity index (χ4n) is 1.79. The molecule has 0 saturated heterocycles. The molecule has 2 aromatic rings. The monoisotopic (exact) mass is 366 g/mol. The second-order valence-electron chi connectivity index (χ2n) is 4.25. The number of aromatic carboxylic acids is 1. The van der Waals surface area contributed by atoms with Crippen LogP contribution >= 0.6 is 27.7 Å². The highest BCUT2D eigenvalue weighted by Gasteiger charge is 2.13. The second-order valence-corrected chi connectivity index (χ2v) is 6.31. The topological polar surface area (TPSA) is 74.6 Å². The molecule has 0 aromatic heterocycles. The maximum absolute atomic E-state index is 11.1. The minimum Gasteiger partial charge on any atom is -0.481 e. The molecule has 0 aliphatic rings. The molecule has 0 fully saturated rings. The van der Waals surface area contributed by atoms with Crippen molar-refractivity contribution in [3.05, 3.63) is 58.1 Å². The minimum atomic E-state index is -1.12. The average molecular weight is 367 g/mol. The van der Waals surface area contributed by atoms with E-state index in [1.54, 1.807) is 12.1 Å². The van der Waals surface area contributed by atoms with Crippen LogP contribution in [-0.4, -0.2) is 22.2 Å². The van der Waals surface area contributed by atoms with Gasteiger partial charge in [-0.05, 0) is 48.0 Å². The molecule has 0 amide bonds. The number of rotatable bonds is 5. The van der Waals surface area contributed by atoms with Crippen molar-refractivity contribution >= 4 is 39.6 Å². The highest BCUT2D eigenvalue weighted by molar-refractivity contribution is 9.10. The summed E-state index contributed by atoms with van der Waals surface area (Å²) < 4.78 is 0.972. The Morgan fingerprint density at radius 3 is 2.19 bits per heavy atom. The quantitative estimate of drug-likeness (QED) is 0.838. The lowest BCUT2D eigenvalue weighted by atomic mass is 10.1. The zero-order valence-electron chi connectivity index (χ0n) is 10.7. The normalized spacial score (nSPS) is 10.3. The Hall–Kier alpha value is -1.79. The predicted octanol–water partition coefficient (Wildman–Crippen LogP) is 3.93. The van der Waals surface area contributed by atoms with E-state index in [0.717, 1.165) is 14.3 Å². The molecule has 2 N–H and O–H groups in total. The van der Waals surface area contributed by atoms with Gasteiger partial charge in [0.2, 0.25) is 0 Å². The van der Waals surface area contributed by atoms with E-state index in [2.05, 4.69) is 15.9 Å². The summed E-state index contributed by atoms with van der Waals surface area (Å²) in [5, 5.41) is 18.0. The first kappa shape index (κ1) is 15.6. The van der Waals surface area contributed by atoms with E-state index < -0.39 is 11.9 Å². The van der Waals surface area contributed by atoms with Gasteiger partial charge < -0.3 is 10.2 Å². The highest BCUT2D eigenvalue weighted by atomic mass is 79.9. The predicted molar refractivity (Wildman–Crippen MR) is 83.0 cm³/mol. The van der Waals surface area contributed by atoms with Crippen LogP contribution in [0.4, 0.5) is 0 Å². The molecule has 0 unspecified atom stereocenters. The first-order chi connectivity index (χ1) is 9.95. The van der Waals surface area contributed by atoms with Crippen molar-refractivity contribution in [3.63, 3.8) is 0 Å². The van der Waals surface area contributed by atoms with Crippen molar-refractivity contribution in [2.75, 3.05) is 0 Å². The first-order valence-corrected chi connectivity index (χ1v) is 7.58. The molecule has 0 aliphatic carbocycles. The molecule has 0 aliphatic heterocycles. The molecule has 0 saturated carbocycles. The number of carboxylic acid groups (broad SMARTS) is 2. The molecule has 2 rings (SSSR count). The van der Waals surface area contributed by atoms with Crippen LogP contribution in [0.5, 0.6) is 0 Å². The second kappa shape index (κ2) is 6.78. The first-order valence-electron chi connectivity index (χ1n) is 5.97. The number of benzene rings is 2. The third-order valence-corrected chi connectivity index (χ3v) is 4.22. The van der Waals surface area contributed by atoms with E-state index in [0.29, 0.717) is 5.56 Å². The van der Waals surface area contributed by atoms with Gasteiger partial charge in [0, 0.05) is 14.3 Å². The minimum absolute atomic E-state index is 0.0255. The molecule has 0 bridgehead atoms. The van der Waals surface area contributed by atoms with Gasteiger partial charge in [0.1, 0.15) is 0 Å². The van der Waals surface area contributed by atoms with Gasteiger partial charge >= 0.3 is 11.9 Å². The van der Waals surface area contributed by atoms with Crippen LogP contribution in [0.3, 0.4) is 0 Å². The summed E-state index contributed by atoms with van der Waals surface area (Å²) in [6.07, 6.45) is -0.309. The highest BCUT2D eigenvalue weighted by Crippen LogP contribution is 2.30. The molecule has 6 heteroatoms. The number of hydrogen-bond donors (Lipinski definition) is 2. The lowest BCUT2D eigenvalue weighted by molar-refractivity contribution is -0.136. The molecule has 0 heterocycles. The van der Waals surface area contributed by atoms with Gasteiger partial charge in [-0.25, -0.2) is 4.79 Å². The maximum Gasteiger partial charge on any atom is 0.335 e. The summed E-state index contributed by atoms with van der Waals surface area (Å²) in [7, 11) is 0. The van der Waals surface area contributed by atoms with Crippen LogP contribution in [-0.2, 0) is 11.2 Å². The average Bonchev–Trinajstić information content (AvgIpc) is 2.40. The maximum atomic E-state index is 11.1. The number of carbonyl (C=O) groups is 2. The van der Waals surface area contributed by atoms with E-state index in [1.165, 1.54) is 17.8 Å². The molecule has 4 nitrogen and oxygen atoms in total. The molecule has 0 radical (unpaired) electrons. The Balaban J connectivity index is 2.30. The molecule has 0 spiro atoms. The van der Waals surface area contributed by atoms with E-state index in [-0.39, 0.29) is 12.0 Å². The summed E-state index contributed by atoms with van der Waals surface area (Å²) >= 11 is 4.81. The van der Waals surface area contributed by atoms with Gasteiger partial charge in [0.05, 0.1) is 12.0 Å². The lowest BCUT2D eigenvalue weighted by Crippen LogP contribution is -2.07. The molecular weight excluding hydrogens is 356 g/mol. The number of halogens is 1. The van der Waals surface area contributed by atoms with Crippen LogP contribution in [0.1, 0.15) is 15.9 Å². The molecule has 0 atom stereocenters.